The van der Waals surface area contributed by atoms with Crippen molar-refractivity contribution in [3.63, 3.8) is 0 Å². The summed E-state index contributed by atoms with van der Waals surface area (Å²) in [6.45, 7) is 2.88. The molecule has 0 amide bonds. The highest BCUT2D eigenvalue weighted by molar-refractivity contribution is 7.07. The lowest BCUT2D eigenvalue weighted by Gasteiger charge is -2.37. The first kappa shape index (κ1) is 15.6. The molecule has 0 spiro atoms. The van der Waals surface area contributed by atoms with Crippen molar-refractivity contribution in [1.29, 1.82) is 0 Å². The number of likely N-dealkylation sites (tertiary alicyclic amines) is 1. The number of hydrogen-bond donors (Lipinski definition) is 0. The summed E-state index contributed by atoms with van der Waals surface area (Å²) in [4.78, 5) is 6.76. The topological polar surface area (TPSA) is 25.4 Å². The molecule has 0 saturated carbocycles. The van der Waals surface area contributed by atoms with Crippen LogP contribution in [0.4, 0.5) is 4.39 Å². The molecule has 3 rings (SSSR count). The van der Waals surface area contributed by atoms with E-state index in [0.717, 1.165) is 38.2 Å². The summed E-state index contributed by atoms with van der Waals surface area (Å²) >= 11 is 1.64. The van der Waals surface area contributed by atoms with Gasteiger partial charge in [-0.3, -0.25) is 4.90 Å². The van der Waals surface area contributed by atoms with Gasteiger partial charge in [-0.05, 0) is 43.0 Å². The monoisotopic (exact) mass is 320 g/mol. The molecule has 0 bridgehead atoms. The van der Waals surface area contributed by atoms with Crippen molar-refractivity contribution in [3.05, 3.63) is 52.2 Å². The fourth-order valence-electron chi connectivity index (χ4n) is 3.14. The highest BCUT2D eigenvalue weighted by atomic mass is 32.1. The summed E-state index contributed by atoms with van der Waals surface area (Å²) in [5, 5.41) is 2.10. The summed E-state index contributed by atoms with van der Waals surface area (Å²) in [5.41, 5.74) is 4.20. The van der Waals surface area contributed by atoms with Crippen LogP contribution < -0.4 is 0 Å². The van der Waals surface area contributed by atoms with Gasteiger partial charge in [-0.15, -0.1) is 11.3 Å². The summed E-state index contributed by atoms with van der Waals surface area (Å²) in [6.07, 6.45) is 2.26. The molecular formula is C17H21FN2OS. The van der Waals surface area contributed by atoms with E-state index in [4.69, 9.17) is 4.74 Å². The highest BCUT2D eigenvalue weighted by Gasteiger charge is 2.29. The van der Waals surface area contributed by atoms with Crippen molar-refractivity contribution in [2.45, 2.75) is 25.5 Å². The van der Waals surface area contributed by atoms with Gasteiger partial charge in [0.05, 0.1) is 17.3 Å². The smallest absolute Gasteiger partial charge is 0.123 e. The molecule has 1 aliphatic heterocycles. The van der Waals surface area contributed by atoms with Crippen LogP contribution in [0, 0.1) is 11.7 Å². The van der Waals surface area contributed by atoms with Crippen molar-refractivity contribution in [2.75, 3.05) is 20.2 Å². The maximum atomic E-state index is 13.0. The molecule has 1 aromatic heterocycles. The second-order valence-corrected chi connectivity index (χ2v) is 6.59. The Labute approximate surface area is 134 Å². The summed E-state index contributed by atoms with van der Waals surface area (Å²) in [6, 6.07) is 6.83. The molecule has 5 heteroatoms. The quantitative estimate of drug-likeness (QED) is 0.845. The number of methoxy groups -OCH3 is 1. The van der Waals surface area contributed by atoms with Gasteiger partial charge in [-0.1, -0.05) is 12.1 Å². The normalized spacial score (nSPS) is 22.8. The zero-order valence-electron chi connectivity index (χ0n) is 12.7. The SMILES string of the molecule is CO[C@@H]1CN(Cc2cscn2)CC[C@@H]1Cc1ccc(F)cc1. The van der Waals surface area contributed by atoms with Crippen LogP contribution in [0.25, 0.3) is 0 Å². The minimum absolute atomic E-state index is 0.176. The zero-order valence-corrected chi connectivity index (χ0v) is 13.6. The predicted molar refractivity (Wildman–Crippen MR) is 86.4 cm³/mol. The Morgan fingerprint density at radius 3 is 2.86 bits per heavy atom. The van der Waals surface area contributed by atoms with Crippen molar-refractivity contribution in [3.8, 4) is 0 Å². The Kier molecular flexibility index (Phi) is 5.18. The summed E-state index contributed by atoms with van der Waals surface area (Å²) < 4.78 is 18.7. The minimum atomic E-state index is -0.176. The molecule has 2 atom stereocenters. The molecule has 1 aliphatic rings. The van der Waals surface area contributed by atoms with E-state index in [1.54, 1.807) is 18.4 Å². The Hall–Kier alpha value is -1.30. The van der Waals surface area contributed by atoms with Gasteiger partial charge in [-0.2, -0.15) is 0 Å². The van der Waals surface area contributed by atoms with Crippen LogP contribution in [0.3, 0.4) is 0 Å². The number of aromatic nitrogens is 1. The number of ether oxygens (including phenoxy) is 1. The standard InChI is InChI=1S/C17H21FN2OS/c1-21-17-10-20(9-16-11-22-12-19-16)7-6-14(17)8-13-2-4-15(18)5-3-13/h2-5,11-12,14,17H,6-10H2,1H3/t14-,17-/m1/s1. The molecule has 22 heavy (non-hydrogen) atoms. The Bertz CT molecular complexity index is 573. The number of hydrogen-bond acceptors (Lipinski definition) is 4. The lowest BCUT2D eigenvalue weighted by Crippen LogP contribution is -2.45. The number of benzene rings is 1. The third-order valence-corrected chi connectivity index (χ3v) is 5.00. The molecule has 1 fully saturated rings. The first-order valence-electron chi connectivity index (χ1n) is 7.61. The Balaban J connectivity index is 1.59. The maximum Gasteiger partial charge on any atom is 0.123 e. The van der Waals surface area contributed by atoms with E-state index >= 15 is 0 Å². The Morgan fingerprint density at radius 1 is 1.36 bits per heavy atom. The van der Waals surface area contributed by atoms with Gasteiger partial charge >= 0.3 is 0 Å². The van der Waals surface area contributed by atoms with Crippen molar-refractivity contribution in [1.82, 2.24) is 9.88 Å². The average molecular weight is 320 g/mol. The van der Waals surface area contributed by atoms with E-state index in [2.05, 4.69) is 15.3 Å². The molecule has 0 unspecified atom stereocenters. The average Bonchev–Trinajstić information content (AvgIpc) is 3.04. The fourth-order valence-corrected chi connectivity index (χ4v) is 3.69. The number of nitrogens with zero attached hydrogens (tertiary/aromatic N) is 2. The van der Waals surface area contributed by atoms with E-state index in [1.165, 1.54) is 17.7 Å². The van der Waals surface area contributed by atoms with Gasteiger partial charge in [0, 0.05) is 25.6 Å². The van der Waals surface area contributed by atoms with Crippen LogP contribution in [0.5, 0.6) is 0 Å². The summed E-state index contributed by atoms with van der Waals surface area (Å²) in [5.74, 6) is 0.312. The number of rotatable bonds is 5. The number of thiazole rings is 1. The minimum Gasteiger partial charge on any atom is -0.380 e. The van der Waals surface area contributed by atoms with Crippen LogP contribution in [0.2, 0.25) is 0 Å². The van der Waals surface area contributed by atoms with E-state index in [0.29, 0.717) is 5.92 Å². The lowest BCUT2D eigenvalue weighted by molar-refractivity contribution is -0.0138. The van der Waals surface area contributed by atoms with Gasteiger partial charge in [0.2, 0.25) is 0 Å². The third kappa shape index (κ3) is 3.91. The molecule has 2 aromatic rings. The van der Waals surface area contributed by atoms with E-state index in [9.17, 15) is 4.39 Å². The van der Waals surface area contributed by atoms with Crippen LogP contribution in [0.1, 0.15) is 17.7 Å². The maximum absolute atomic E-state index is 13.0. The van der Waals surface area contributed by atoms with Crippen LogP contribution in [0.15, 0.2) is 35.2 Å². The van der Waals surface area contributed by atoms with Crippen LogP contribution in [-0.4, -0.2) is 36.2 Å². The number of piperidine rings is 1. The van der Waals surface area contributed by atoms with Gasteiger partial charge in [0.15, 0.2) is 0 Å². The van der Waals surface area contributed by atoms with Gasteiger partial charge < -0.3 is 4.74 Å². The second-order valence-electron chi connectivity index (χ2n) is 5.87. The lowest BCUT2D eigenvalue weighted by atomic mass is 9.87. The van der Waals surface area contributed by atoms with E-state index in [1.807, 2.05) is 17.6 Å². The molecule has 0 aliphatic carbocycles. The van der Waals surface area contributed by atoms with Gasteiger partial charge in [0.25, 0.3) is 0 Å². The van der Waals surface area contributed by atoms with Crippen LogP contribution >= 0.6 is 11.3 Å². The largest absolute Gasteiger partial charge is 0.380 e. The first-order valence-corrected chi connectivity index (χ1v) is 8.55. The van der Waals surface area contributed by atoms with Crippen molar-refractivity contribution < 1.29 is 9.13 Å². The van der Waals surface area contributed by atoms with Gasteiger partial charge in [-0.25, -0.2) is 9.37 Å². The molecule has 2 heterocycles. The molecule has 118 valence electrons. The Morgan fingerprint density at radius 2 is 2.18 bits per heavy atom. The molecule has 1 saturated heterocycles. The highest BCUT2D eigenvalue weighted by Crippen LogP contribution is 2.25. The van der Waals surface area contributed by atoms with Crippen LogP contribution in [-0.2, 0) is 17.7 Å². The summed E-state index contributed by atoms with van der Waals surface area (Å²) in [7, 11) is 1.79. The molecule has 0 radical (unpaired) electrons. The molecule has 3 nitrogen and oxygen atoms in total. The van der Waals surface area contributed by atoms with Gasteiger partial charge in [0.1, 0.15) is 5.82 Å². The number of halogens is 1. The zero-order chi connectivity index (χ0) is 15.4. The van der Waals surface area contributed by atoms with E-state index in [-0.39, 0.29) is 11.9 Å². The second kappa shape index (κ2) is 7.31. The molecule has 0 N–H and O–H groups in total. The molecule has 1 aromatic carbocycles. The van der Waals surface area contributed by atoms with Crippen molar-refractivity contribution in [2.24, 2.45) is 5.92 Å². The first-order chi connectivity index (χ1) is 10.7. The fraction of sp³-hybridized carbons (Fsp3) is 0.471. The third-order valence-electron chi connectivity index (χ3n) is 4.36. The van der Waals surface area contributed by atoms with E-state index < -0.39 is 0 Å². The predicted octanol–water partition coefficient (Wildman–Crippen LogP) is 3.36. The molecular weight excluding hydrogens is 299 g/mol. The van der Waals surface area contributed by atoms with Crippen molar-refractivity contribution >= 4 is 11.3 Å².